The highest BCUT2D eigenvalue weighted by atomic mass is 16.3. The van der Waals surface area contributed by atoms with Crippen LogP contribution in [-0.4, -0.2) is 34.6 Å². The van der Waals surface area contributed by atoms with Gasteiger partial charge in [-0.2, -0.15) is 0 Å². The molecule has 3 atom stereocenters. The van der Waals surface area contributed by atoms with E-state index in [1.165, 1.54) is 6.42 Å². The van der Waals surface area contributed by atoms with E-state index < -0.39 is 0 Å². The largest absolute Gasteiger partial charge is 0.468 e. The molecule has 122 valence electrons. The van der Waals surface area contributed by atoms with Crippen molar-refractivity contribution in [2.45, 2.75) is 70.4 Å². The Morgan fingerprint density at radius 3 is 2.77 bits per heavy atom. The highest BCUT2D eigenvalue weighted by Crippen LogP contribution is 2.36. The summed E-state index contributed by atoms with van der Waals surface area (Å²) in [5, 5.41) is 10.3. The molecular weight excluding hydrogens is 278 g/mol. The average molecular weight is 305 g/mol. The molecule has 4 heteroatoms. The molecule has 1 aliphatic carbocycles. The Labute approximate surface area is 132 Å². The molecular formula is C18H27NO3. The number of hydrogen-bond acceptors (Lipinski definition) is 3. The molecule has 0 aromatic carbocycles. The van der Waals surface area contributed by atoms with Crippen LogP contribution in [0, 0.1) is 5.92 Å². The Morgan fingerprint density at radius 2 is 2.05 bits per heavy atom. The van der Waals surface area contributed by atoms with Gasteiger partial charge in [0.2, 0.25) is 0 Å². The van der Waals surface area contributed by atoms with Gasteiger partial charge in [0.15, 0.2) is 0 Å². The fourth-order valence-electron chi connectivity index (χ4n) is 4.18. The van der Waals surface area contributed by atoms with E-state index in [4.69, 9.17) is 4.42 Å². The van der Waals surface area contributed by atoms with E-state index in [1.807, 2.05) is 18.7 Å². The minimum atomic E-state index is -0.249. The molecule has 1 aromatic heterocycles. The first-order valence-electron chi connectivity index (χ1n) is 8.66. The minimum absolute atomic E-state index is 0.0812. The lowest BCUT2D eigenvalue weighted by Gasteiger charge is -2.37. The third-order valence-electron chi connectivity index (χ3n) is 5.29. The molecule has 1 saturated heterocycles. The van der Waals surface area contributed by atoms with Crippen LogP contribution >= 0.6 is 0 Å². The summed E-state index contributed by atoms with van der Waals surface area (Å²) in [7, 11) is 0. The predicted molar refractivity (Wildman–Crippen MR) is 84.8 cm³/mol. The van der Waals surface area contributed by atoms with Gasteiger partial charge < -0.3 is 14.4 Å². The van der Waals surface area contributed by atoms with Gasteiger partial charge in [-0.15, -0.1) is 0 Å². The van der Waals surface area contributed by atoms with E-state index in [0.717, 1.165) is 44.4 Å². The third kappa shape index (κ3) is 2.81. The van der Waals surface area contributed by atoms with Crippen molar-refractivity contribution in [3.05, 3.63) is 23.7 Å². The maximum Gasteiger partial charge on any atom is 0.257 e. The Bertz CT molecular complexity index is 522. The van der Waals surface area contributed by atoms with Crippen LogP contribution in [0.4, 0.5) is 0 Å². The lowest BCUT2D eigenvalue weighted by molar-refractivity contribution is 0.0210. The van der Waals surface area contributed by atoms with Gasteiger partial charge in [0, 0.05) is 24.4 Å². The van der Waals surface area contributed by atoms with Gasteiger partial charge in [-0.3, -0.25) is 4.79 Å². The van der Waals surface area contributed by atoms with Gasteiger partial charge in [0.1, 0.15) is 5.76 Å². The van der Waals surface area contributed by atoms with Crippen LogP contribution in [0.3, 0.4) is 0 Å². The van der Waals surface area contributed by atoms with Crippen molar-refractivity contribution in [3.63, 3.8) is 0 Å². The van der Waals surface area contributed by atoms with Crippen LogP contribution in [0.15, 0.2) is 16.7 Å². The standard InChI is InChI=1S/C18H27NO3/c1-12(2)17-14(9-11-22-17)18(21)19-10-5-7-15(19)13-6-3-4-8-16(13)20/h9,11-13,15-16,20H,3-8,10H2,1-2H3/t13-,15-,16-/m1/s1. The van der Waals surface area contributed by atoms with E-state index in [9.17, 15) is 9.90 Å². The Kier molecular flexibility index (Phi) is 4.57. The quantitative estimate of drug-likeness (QED) is 0.929. The lowest BCUT2D eigenvalue weighted by atomic mass is 9.80. The second-order valence-corrected chi connectivity index (χ2v) is 7.08. The molecule has 0 unspecified atom stereocenters. The van der Waals surface area contributed by atoms with Crippen LogP contribution in [0.25, 0.3) is 0 Å². The van der Waals surface area contributed by atoms with Gasteiger partial charge in [-0.1, -0.05) is 26.7 Å². The fraction of sp³-hybridized carbons (Fsp3) is 0.722. The average Bonchev–Trinajstić information content (AvgIpc) is 3.16. The highest BCUT2D eigenvalue weighted by Gasteiger charge is 2.40. The molecule has 2 aliphatic rings. The van der Waals surface area contributed by atoms with E-state index in [-0.39, 0.29) is 29.9 Å². The Balaban J connectivity index is 1.80. The van der Waals surface area contributed by atoms with E-state index in [2.05, 4.69) is 0 Å². The fourth-order valence-corrected chi connectivity index (χ4v) is 4.18. The van der Waals surface area contributed by atoms with Crippen molar-refractivity contribution < 1.29 is 14.3 Å². The molecule has 0 bridgehead atoms. The maximum absolute atomic E-state index is 13.0. The number of hydrogen-bond donors (Lipinski definition) is 1. The normalized spacial score (nSPS) is 29.3. The predicted octanol–water partition coefficient (Wildman–Crippen LogP) is 3.56. The highest BCUT2D eigenvalue weighted by molar-refractivity contribution is 5.95. The summed E-state index contributed by atoms with van der Waals surface area (Å²) >= 11 is 0. The molecule has 2 fully saturated rings. The van der Waals surface area contributed by atoms with E-state index in [1.54, 1.807) is 12.3 Å². The van der Waals surface area contributed by atoms with E-state index in [0.29, 0.717) is 5.56 Å². The first-order valence-corrected chi connectivity index (χ1v) is 8.66. The van der Waals surface area contributed by atoms with Crippen molar-refractivity contribution in [3.8, 4) is 0 Å². The summed E-state index contributed by atoms with van der Waals surface area (Å²) < 4.78 is 5.51. The SMILES string of the molecule is CC(C)c1occc1C(=O)N1CCC[C@@H]1[C@H]1CCCC[C@H]1O. The van der Waals surface area contributed by atoms with Crippen LogP contribution in [0.5, 0.6) is 0 Å². The van der Waals surface area contributed by atoms with E-state index >= 15 is 0 Å². The molecule has 22 heavy (non-hydrogen) atoms. The second kappa shape index (κ2) is 6.45. The molecule has 1 amide bonds. The topological polar surface area (TPSA) is 53.7 Å². The minimum Gasteiger partial charge on any atom is -0.468 e. The van der Waals surface area contributed by atoms with Crippen molar-refractivity contribution in [1.82, 2.24) is 4.90 Å². The molecule has 2 heterocycles. The summed E-state index contributed by atoms with van der Waals surface area (Å²) in [5.41, 5.74) is 0.701. The van der Waals surface area contributed by atoms with Gasteiger partial charge in [-0.25, -0.2) is 0 Å². The number of rotatable bonds is 3. The van der Waals surface area contributed by atoms with Crippen LogP contribution in [0.2, 0.25) is 0 Å². The van der Waals surface area contributed by atoms with Gasteiger partial charge in [0.25, 0.3) is 5.91 Å². The first-order chi connectivity index (χ1) is 10.6. The monoisotopic (exact) mass is 305 g/mol. The summed E-state index contributed by atoms with van der Waals surface area (Å²) in [6.45, 7) is 4.89. The third-order valence-corrected chi connectivity index (χ3v) is 5.29. The molecule has 0 radical (unpaired) electrons. The molecule has 3 rings (SSSR count). The molecule has 1 N–H and O–H groups in total. The zero-order valence-electron chi connectivity index (χ0n) is 13.6. The molecule has 4 nitrogen and oxygen atoms in total. The molecule has 1 aliphatic heterocycles. The number of aliphatic hydroxyl groups is 1. The van der Waals surface area contributed by atoms with Gasteiger partial charge in [-0.05, 0) is 31.7 Å². The maximum atomic E-state index is 13.0. The van der Waals surface area contributed by atoms with Crippen LogP contribution < -0.4 is 0 Å². The second-order valence-electron chi connectivity index (χ2n) is 7.08. The van der Waals surface area contributed by atoms with Crippen molar-refractivity contribution in [1.29, 1.82) is 0 Å². The van der Waals surface area contributed by atoms with Crippen LogP contribution in [0.1, 0.15) is 74.4 Å². The zero-order chi connectivity index (χ0) is 15.7. The number of carbonyl (C=O) groups excluding carboxylic acids is 1. The van der Waals surface area contributed by atoms with Crippen molar-refractivity contribution >= 4 is 5.91 Å². The van der Waals surface area contributed by atoms with Crippen LogP contribution in [-0.2, 0) is 0 Å². The summed E-state index contributed by atoms with van der Waals surface area (Å²) in [4.78, 5) is 15.0. The Hall–Kier alpha value is -1.29. The Morgan fingerprint density at radius 1 is 1.27 bits per heavy atom. The molecule has 1 aromatic rings. The summed E-state index contributed by atoms with van der Waals surface area (Å²) in [6.07, 6.45) is 7.62. The number of nitrogens with zero attached hydrogens (tertiary/aromatic N) is 1. The number of amides is 1. The zero-order valence-corrected chi connectivity index (χ0v) is 13.6. The number of furan rings is 1. The van der Waals surface area contributed by atoms with Crippen molar-refractivity contribution in [2.24, 2.45) is 5.92 Å². The smallest absolute Gasteiger partial charge is 0.257 e. The first kappa shape index (κ1) is 15.6. The lowest BCUT2D eigenvalue weighted by Crippen LogP contribution is -2.45. The number of carbonyl (C=O) groups is 1. The molecule has 1 saturated carbocycles. The summed E-state index contributed by atoms with van der Waals surface area (Å²) in [6, 6.07) is 1.99. The number of likely N-dealkylation sites (tertiary alicyclic amines) is 1. The summed E-state index contributed by atoms with van der Waals surface area (Å²) in [5.74, 6) is 1.31. The van der Waals surface area contributed by atoms with Gasteiger partial charge in [0.05, 0.1) is 17.9 Å². The van der Waals surface area contributed by atoms with Crippen molar-refractivity contribution in [2.75, 3.05) is 6.54 Å². The molecule has 0 spiro atoms. The van der Waals surface area contributed by atoms with Gasteiger partial charge >= 0.3 is 0 Å². The number of aliphatic hydroxyl groups excluding tert-OH is 1.